The molecule has 1 aromatic heterocycles. The number of aromatic nitrogens is 1. The minimum absolute atomic E-state index is 0.116. The number of pyridine rings is 1. The first kappa shape index (κ1) is 21.5. The van der Waals surface area contributed by atoms with Gasteiger partial charge < -0.3 is 5.32 Å². The van der Waals surface area contributed by atoms with Crippen LogP contribution in [0.3, 0.4) is 0 Å². The molecule has 156 valence electrons. The van der Waals surface area contributed by atoms with Gasteiger partial charge in [-0.15, -0.1) is 0 Å². The summed E-state index contributed by atoms with van der Waals surface area (Å²) in [6, 6.07) is 8.03. The molecule has 1 amide bonds. The van der Waals surface area contributed by atoms with Gasteiger partial charge in [-0.1, -0.05) is 6.07 Å². The van der Waals surface area contributed by atoms with Crippen molar-refractivity contribution < 1.29 is 26.4 Å². The van der Waals surface area contributed by atoms with E-state index in [1.165, 1.54) is 6.20 Å². The van der Waals surface area contributed by atoms with E-state index in [-0.39, 0.29) is 10.6 Å². The predicted molar refractivity (Wildman–Crippen MR) is 104 cm³/mol. The van der Waals surface area contributed by atoms with Crippen LogP contribution in [0.2, 0.25) is 0 Å². The van der Waals surface area contributed by atoms with Crippen molar-refractivity contribution in [1.29, 1.82) is 0 Å². The minimum atomic E-state index is -4.10. The van der Waals surface area contributed by atoms with Crippen molar-refractivity contribution in [3.05, 3.63) is 89.5 Å². The average molecular weight is 435 g/mol. The van der Waals surface area contributed by atoms with E-state index in [4.69, 9.17) is 0 Å². The summed E-state index contributed by atoms with van der Waals surface area (Å²) in [5.74, 6) is -4.30. The normalized spacial score (nSPS) is 12.4. The number of sulfonamides is 1. The first-order valence-electron chi connectivity index (χ1n) is 8.65. The summed E-state index contributed by atoms with van der Waals surface area (Å²) in [4.78, 5) is 15.9. The fraction of sp³-hybridized carbons (Fsp3) is 0.100. The molecule has 0 fully saturated rings. The fourth-order valence-corrected chi connectivity index (χ4v) is 3.88. The molecule has 0 aliphatic heterocycles. The van der Waals surface area contributed by atoms with Crippen molar-refractivity contribution in [2.75, 3.05) is 5.32 Å². The van der Waals surface area contributed by atoms with Crippen molar-refractivity contribution in [2.45, 2.75) is 17.9 Å². The Labute approximate surface area is 170 Å². The van der Waals surface area contributed by atoms with Gasteiger partial charge in [0.25, 0.3) is 5.91 Å². The summed E-state index contributed by atoms with van der Waals surface area (Å²) in [5.41, 5.74) is -0.0778. The van der Waals surface area contributed by atoms with Crippen LogP contribution in [0.15, 0.2) is 65.8 Å². The Morgan fingerprint density at radius 3 is 2.40 bits per heavy atom. The lowest BCUT2D eigenvalue weighted by atomic mass is 10.2. The zero-order valence-electron chi connectivity index (χ0n) is 15.6. The Morgan fingerprint density at radius 2 is 1.73 bits per heavy atom. The molecular weight excluding hydrogens is 419 g/mol. The molecule has 3 aromatic rings. The van der Waals surface area contributed by atoms with Crippen molar-refractivity contribution in [3.8, 4) is 0 Å². The Kier molecular flexibility index (Phi) is 6.18. The zero-order valence-corrected chi connectivity index (χ0v) is 16.4. The van der Waals surface area contributed by atoms with Crippen molar-refractivity contribution in [1.82, 2.24) is 9.71 Å². The molecular formula is C20H16F3N3O3S. The molecule has 10 heteroatoms. The van der Waals surface area contributed by atoms with Gasteiger partial charge in [-0.25, -0.2) is 26.3 Å². The van der Waals surface area contributed by atoms with E-state index < -0.39 is 45.0 Å². The molecule has 2 N–H and O–H groups in total. The fourth-order valence-electron chi connectivity index (χ4n) is 2.62. The molecule has 30 heavy (non-hydrogen) atoms. The molecule has 0 aliphatic rings. The highest BCUT2D eigenvalue weighted by Gasteiger charge is 2.22. The number of benzene rings is 2. The molecule has 0 bridgehead atoms. The SMILES string of the molecule is CC(NS(=O)(=O)c1ccc(F)c(C(=O)Nc2ccc(F)c(F)c2)c1)c1cccnc1. The molecule has 0 radical (unpaired) electrons. The lowest BCUT2D eigenvalue weighted by molar-refractivity contribution is 0.102. The highest BCUT2D eigenvalue weighted by Crippen LogP contribution is 2.20. The molecule has 0 spiro atoms. The third kappa shape index (κ3) is 4.84. The van der Waals surface area contributed by atoms with Crippen molar-refractivity contribution >= 4 is 21.6 Å². The topological polar surface area (TPSA) is 88.2 Å². The van der Waals surface area contributed by atoms with Gasteiger partial charge in [-0.3, -0.25) is 9.78 Å². The van der Waals surface area contributed by atoms with Gasteiger partial charge in [-0.05, 0) is 48.9 Å². The quantitative estimate of drug-likeness (QED) is 0.617. The Morgan fingerprint density at radius 1 is 1.00 bits per heavy atom. The molecule has 2 aromatic carbocycles. The summed E-state index contributed by atoms with van der Waals surface area (Å²) in [5, 5.41) is 2.20. The maximum atomic E-state index is 14.2. The Bertz CT molecular complexity index is 1190. The van der Waals surface area contributed by atoms with Gasteiger partial charge in [0, 0.05) is 30.2 Å². The molecule has 1 atom stereocenters. The second-order valence-electron chi connectivity index (χ2n) is 6.35. The average Bonchev–Trinajstić information content (AvgIpc) is 2.71. The van der Waals surface area contributed by atoms with Crippen LogP contribution in [-0.2, 0) is 10.0 Å². The highest BCUT2D eigenvalue weighted by atomic mass is 32.2. The third-order valence-electron chi connectivity index (χ3n) is 4.19. The number of halogens is 3. The van der Waals surface area contributed by atoms with Crippen LogP contribution >= 0.6 is 0 Å². The van der Waals surface area contributed by atoms with E-state index in [0.29, 0.717) is 5.56 Å². The lowest BCUT2D eigenvalue weighted by Gasteiger charge is -2.15. The second kappa shape index (κ2) is 8.64. The monoisotopic (exact) mass is 435 g/mol. The first-order valence-corrected chi connectivity index (χ1v) is 10.1. The van der Waals surface area contributed by atoms with E-state index in [9.17, 15) is 26.4 Å². The molecule has 1 heterocycles. The number of hydrogen-bond donors (Lipinski definition) is 2. The van der Waals surface area contributed by atoms with E-state index in [1.807, 2.05) is 0 Å². The molecule has 1 unspecified atom stereocenters. The predicted octanol–water partition coefficient (Wildman–Crippen LogP) is 3.79. The van der Waals surface area contributed by atoms with Crippen molar-refractivity contribution in [3.63, 3.8) is 0 Å². The number of carbonyl (C=O) groups is 1. The van der Waals surface area contributed by atoms with Gasteiger partial charge in [0.05, 0.1) is 10.5 Å². The molecule has 0 saturated heterocycles. The smallest absolute Gasteiger partial charge is 0.258 e. The maximum Gasteiger partial charge on any atom is 0.258 e. The summed E-state index contributed by atoms with van der Waals surface area (Å²) < 4.78 is 68.2. The highest BCUT2D eigenvalue weighted by molar-refractivity contribution is 7.89. The summed E-state index contributed by atoms with van der Waals surface area (Å²) in [6.07, 6.45) is 3.04. The molecule has 3 rings (SSSR count). The minimum Gasteiger partial charge on any atom is -0.322 e. The second-order valence-corrected chi connectivity index (χ2v) is 8.07. The standard InChI is InChI=1S/C20H16F3N3O3S/c1-12(13-3-2-8-24-11-13)26-30(28,29)15-5-7-17(21)16(10-15)20(27)25-14-4-6-18(22)19(23)9-14/h2-12,26H,1H3,(H,25,27). The van der Waals surface area contributed by atoms with E-state index >= 15 is 0 Å². The number of nitrogens with zero attached hydrogens (tertiary/aromatic N) is 1. The number of nitrogens with one attached hydrogen (secondary N) is 2. The van der Waals surface area contributed by atoms with Crippen LogP contribution in [0.25, 0.3) is 0 Å². The number of hydrogen-bond acceptors (Lipinski definition) is 4. The van der Waals surface area contributed by atoms with Gasteiger partial charge in [0.15, 0.2) is 11.6 Å². The van der Waals surface area contributed by atoms with Gasteiger partial charge in [-0.2, -0.15) is 0 Å². The van der Waals surface area contributed by atoms with Crippen LogP contribution in [0.5, 0.6) is 0 Å². The van der Waals surface area contributed by atoms with Gasteiger partial charge in [0.1, 0.15) is 5.82 Å². The van der Waals surface area contributed by atoms with E-state index in [0.717, 1.165) is 36.4 Å². The van der Waals surface area contributed by atoms with Gasteiger partial charge in [0.2, 0.25) is 10.0 Å². The Balaban J connectivity index is 1.84. The molecule has 0 aliphatic carbocycles. The number of carbonyl (C=O) groups excluding carboxylic acids is 1. The first-order chi connectivity index (χ1) is 14.2. The van der Waals surface area contributed by atoms with Gasteiger partial charge >= 0.3 is 0 Å². The maximum absolute atomic E-state index is 14.2. The summed E-state index contributed by atoms with van der Waals surface area (Å²) in [6.45, 7) is 1.61. The zero-order chi connectivity index (χ0) is 21.9. The largest absolute Gasteiger partial charge is 0.322 e. The molecule has 6 nitrogen and oxygen atoms in total. The lowest BCUT2D eigenvalue weighted by Crippen LogP contribution is -2.27. The Hall–Kier alpha value is -3.24. The summed E-state index contributed by atoms with van der Waals surface area (Å²) >= 11 is 0. The van der Waals surface area contributed by atoms with E-state index in [1.54, 1.807) is 25.3 Å². The van der Waals surface area contributed by atoms with Crippen LogP contribution < -0.4 is 10.0 Å². The molecule has 0 saturated carbocycles. The van der Waals surface area contributed by atoms with Crippen LogP contribution in [-0.4, -0.2) is 19.3 Å². The van der Waals surface area contributed by atoms with E-state index in [2.05, 4.69) is 15.0 Å². The number of rotatable bonds is 6. The number of amides is 1. The third-order valence-corrected chi connectivity index (χ3v) is 5.72. The van der Waals surface area contributed by atoms with Crippen molar-refractivity contribution in [2.24, 2.45) is 0 Å². The number of anilines is 1. The summed E-state index contributed by atoms with van der Waals surface area (Å²) in [7, 11) is -4.10. The van der Waals surface area contributed by atoms with Crippen LogP contribution in [0.4, 0.5) is 18.9 Å². The van der Waals surface area contributed by atoms with Crippen LogP contribution in [0.1, 0.15) is 28.9 Å². The van der Waals surface area contributed by atoms with Crippen LogP contribution in [0, 0.1) is 17.5 Å².